The number of carboxylic acid groups (broad SMARTS) is 1. The van der Waals surface area contributed by atoms with E-state index in [1.165, 1.54) is 6.08 Å². The fourth-order valence-electron chi connectivity index (χ4n) is 3.91. The Hall–Kier alpha value is -5.18. The summed E-state index contributed by atoms with van der Waals surface area (Å²) in [5.74, 6) is -0.0840. The first-order valence-electron chi connectivity index (χ1n) is 12.6. The number of methoxy groups -OCH3 is 1. The monoisotopic (exact) mass is 538 g/mol. The van der Waals surface area contributed by atoms with E-state index in [0.717, 1.165) is 22.9 Å². The van der Waals surface area contributed by atoms with Gasteiger partial charge in [-0.3, -0.25) is 4.79 Å². The summed E-state index contributed by atoms with van der Waals surface area (Å²) in [5, 5.41) is 20.5. The largest absolute Gasteiger partial charge is 0.496 e. The number of carbonyl (C=O) groups excluding carboxylic acids is 1. The number of nitrogens with one attached hydrogen (secondary N) is 1. The first-order chi connectivity index (χ1) is 19.3. The van der Waals surface area contributed by atoms with Crippen LogP contribution in [0.1, 0.15) is 41.0 Å². The quantitative estimate of drug-likeness (QED) is 0.186. The number of aliphatic carboxylic acids is 1. The number of hydrogen-bond donors (Lipinski definition) is 2. The normalized spacial score (nSPS) is 10.8. The summed E-state index contributed by atoms with van der Waals surface area (Å²) in [6, 6.07) is 19.8. The van der Waals surface area contributed by atoms with Crippen molar-refractivity contribution in [2.75, 3.05) is 12.4 Å². The molecule has 0 spiro atoms. The van der Waals surface area contributed by atoms with Gasteiger partial charge in [0, 0.05) is 28.5 Å². The predicted octanol–water partition coefficient (Wildman–Crippen LogP) is 5.71. The van der Waals surface area contributed by atoms with Gasteiger partial charge in [-0.15, -0.1) is 5.10 Å². The fourth-order valence-corrected chi connectivity index (χ4v) is 3.91. The molecule has 1 amide bonds. The van der Waals surface area contributed by atoms with Crippen molar-refractivity contribution in [1.82, 2.24) is 15.0 Å². The molecule has 0 radical (unpaired) electrons. The van der Waals surface area contributed by atoms with Crippen LogP contribution in [0.5, 0.6) is 11.5 Å². The molecule has 4 aromatic rings. The van der Waals surface area contributed by atoms with Crippen molar-refractivity contribution in [1.29, 1.82) is 0 Å². The van der Waals surface area contributed by atoms with Gasteiger partial charge in [0.25, 0.3) is 5.91 Å². The summed E-state index contributed by atoms with van der Waals surface area (Å²) in [5.41, 5.74) is 5.11. The number of carbonyl (C=O) groups is 2. The van der Waals surface area contributed by atoms with Gasteiger partial charge in [0.05, 0.1) is 19.0 Å². The maximum absolute atomic E-state index is 12.4. The Labute approximate surface area is 232 Å². The highest BCUT2D eigenvalue weighted by atomic mass is 16.5. The number of allylic oxidation sites excluding steroid dienone is 2. The van der Waals surface area contributed by atoms with E-state index in [9.17, 15) is 9.59 Å². The molecule has 0 fully saturated rings. The molecule has 0 bridgehead atoms. The summed E-state index contributed by atoms with van der Waals surface area (Å²) in [6.07, 6.45) is 6.92. The van der Waals surface area contributed by atoms with E-state index in [1.54, 1.807) is 54.4 Å². The van der Waals surface area contributed by atoms with Crippen molar-refractivity contribution in [3.8, 4) is 17.2 Å². The second-order valence-electron chi connectivity index (χ2n) is 9.13. The number of anilines is 1. The number of benzene rings is 3. The van der Waals surface area contributed by atoms with Gasteiger partial charge in [-0.25, -0.2) is 9.48 Å². The molecule has 0 saturated heterocycles. The molecule has 9 heteroatoms. The maximum atomic E-state index is 12.4. The highest BCUT2D eigenvalue weighted by Crippen LogP contribution is 2.35. The highest BCUT2D eigenvalue weighted by Gasteiger charge is 2.15. The third-order valence-electron chi connectivity index (χ3n) is 5.92. The van der Waals surface area contributed by atoms with Crippen LogP contribution in [0.15, 0.2) is 90.7 Å². The van der Waals surface area contributed by atoms with Crippen molar-refractivity contribution in [2.24, 2.45) is 0 Å². The van der Waals surface area contributed by atoms with E-state index in [4.69, 9.17) is 14.6 Å². The number of carboxylic acids is 1. The lowest BCUT2D eigenvalue weighted by Crippen LogP contribution is -2.11. The summed E-state index contributed by atoms with van der Waals surface area (Å²) in [7, 11) is 1.59. The van der Waals surface area contributed by atoms with Crippen molar-refractivity contribution in [3.63, 3.8) is 0 Å². The lowest BCUT2D eigenvalue weighted by atomic mass is 10.0. The Bertz CT molecular complexity index is 1540. The summed E-state index contributed by atoms with van der Waals surface area (Å²) in [6.45, 7) is 4.11. The summed E-state index contributed by atoms with van der Waals surface area (Å²) >= 11 is 0. The Morgan fingerprint density at radius 2 is 1.77 bits per heavy atom. The molecule has 9 nitrogen and oxygen atoms in total. The van der Waals surface area contributed by atoms with Crippen LogP contribution in [0.4, 0.5) is 5.69 Å². The first-order valence-corrected chi connectivity index (χ1v) is 12.6. The molecule has 0 aliphatic rings. The summed E-state index contributed by atoms with van der Waals surface area (Å²) in [4.78, 5) is 23.6. The van der Waals surface area contributed by atoms with Crippen molar-refractivity contribution in [3.05, 3.63) is 113 Å². The van der Waals surface area contributed by atoms with E-state index < -0.39 is 5.97 Å². The third kappa shape index (κ3) is 7.22. The zero-order valence-corrected chi connectivity index (χ0v) is 22.5. The Morgan fingerprint density at radius 3 is 2.45 bits per heavy atom. The average molecular weight is 539 g/mol. The smallest absolute Gasteiger partial charge is 0.328 e. The molecule has 0 aliphatic heterocycles. The Balaban J connectivity index is 1.51. The number of ether oxygens (including phenoxy) is 2. The molecule has 4 rings (SSSR count). The van der Waals surface area contributed by atoms with Gasteiger partial charge < -0.3 is 19.9 Å². The molecule has 0 saturated carbocycles. The Kier molecular flexibility index (Phi) is 9.09. The van der Waals surface area contributed by atoms with E-state index in [1.807, 2.05) is 44.2 Å². The van der Waals surface area contributed by atoms with Crippen LogP contribution < -0.4 is 14.8 Å². The lowest BCUT2D eigenvalue weighted by molar-refractivity contribution is -0.131. The van der Waals surface area contributed by atoms with E-state index in [2.05, 4.69) is 21.7 Å². The van der Waals surface area contributed by atoms with Gasteiger partial charge in [-0.05, 0) is 74.9 Å². The number of amides is 1. The molecule has 0 unspecified atom stereocenters. The van der Waals surface area contributed by atoms with Gasteiger partial charge in [0.2, 0.25) is 0 Å². The molecule has 2 N–H and O–H groups in total. The molecule has 3 aromatic carbocycles. The van der Waals surface area contributed by atoms with E-state index in [0.29, 0.717) is 40.4 Å². The fraction of sp³-hybridized carbons (Fsp3) is 0.161. The van der Waals surface area contributed by atoms with Gasteiger partial charge in [-0.1, -0.05) is 35.1 Å². The molecular formula is C31H30N4O5. The average Bonchev–Trinajstić information content (AvgIpc) is 3.43. The number of nitrogens with zero attached hydrogens (tertiary/aromatic N) is 3. The molecule has 1 aromatic heterocycles. The van der Waals surface area contributed by atoms with Gasteiger partial charge in [0.15, 0.2) is 0 Å². The minimum atomic E-state index is -1.05. The van der Waals surface area contributed by atoms with Gasteiger partial charge in [-0.2, -0.15) is 0 Å². The minimum absolute atomic E-state index is 0.105. The molecule has 40 heavy (non-hydrogen) atoms. The van der Waals surface area contributed by atoms with Crippen LogP contribution >= 0.6 is 0 Å². The van der Waals surface area contributed by atoms with Crippen LogP contribution in [-0.2, 0) is 17.8 Å². The molecule has 1 heterocycles. The standard InChI is InChI=1S/C31H30N4O5/c1-21(2)9-16-27-28(39-3)17-10-22(11-18-29(36)37)30(27)40-20-25-19-35(34-33-25)26-14-12-24(13-15-26)32-31(38)23-7-5-4-6-8-23/h4-15,17-19H,16,20H2,1-3H3,(H,32,38)(H,36,37)/b18-11-. The maximum Gasteiger partial charge on any atom is 0.328 e. The van der Waals surface area contributed by atoms with Gasteiger partial charge >= 0.3 is 5.97 Å². The van der Waals surface area contributed by atoms with Gasteiger partial charge in [0.1, 0.15) is 23.8 Å². The van der Waals surface area contributed by atoms with Crippen LogP contribution in [0.3, 0.4) is 0 Å². The zero-order valence-electron chi connectivity index (χ0n) is 22.5. The predicted molar refractivity (Wildman–Crippen MR) is 153 cm³/mol. The highest BCUT2D eigenvalue weighted by molar-refractivity contribution is 6.04. The minimum Gasteiger partial charge on any atom is -0.496 e. The second-order valence-corrected chi connectivity index (χ2v) is 9.13. The van der Waals surface area contributed by atoms with Crippen molar-refractivity contribution in [2.45, 2.75) is 26.9 Å². The molecular weight excluding hydrogens is 508 g/mol. The molecule has 0 atom stereocenters. The topological polar surface area (TPSA) is 116 Å². The van der Waals surface area contributed by atoms with E-state index in [-0.39, 0.29) is 12.5 Å². The summed E-state index contributed by atoms with van der Waals surface area (Å²) < 4.78 is 13.4. The van der Waals surface area contributed by atoms with Crippen LogP contribution in [-0.4, -0.2) is 39.1 Å². The van der Waals surface area contributed by atoms with Crippen LogP contribution in [0.2, 0.25) is 0 Å². The Morgan fingerprint density at radius 1 is 1.02 bits per heavy atom. The van der Waals surface area contributed by atoms with Crippen molar-refractivity contribution >= 4 is 23.6 Å². The SMILES string of the molecule is COc1ccc(/C=C\C(=O)O)c(OCc2cn(-c3ccc(NC(=O)c4ccccc4)cc3)nn2)c1CC=C(C)C. The number of rotatable bonds is 11. The van der Waals surface area contributed by atoms with Crippen molar-refractivity contribution < 1.29 is 24.2 Å². The lowest BCUT2D eigenvalue weighted by Gasteiger charge is -2.16. The molecule has 204 valence electrons. The van der Waals surface area contributed by atoms with Crippen LogP contribution in [0, 0.1) is 0 Å². The number of hydrogen-bond acceptors (Lipinski definition) is 6. The first kappa shape index (κ1) is 27.8. The number of aromatic nitrogens is 3. The van der Waals surface area contributed by atoms with Crippen LogP contribution in [0.25, 0.3) is 11.8 Å². The van der Waals surface area contributed by atoms with E-state index >= 15 is 0 Å². The second kappa shape index (κ2) is 13.1. The zero-order chi connectivity index (χ0) is 28.5. The molecule has 0 aliphatic carbocycles. The third-order valence-corrected chi connectivity index (χ3v) is 5.92.